The van der Waals surface area contributed by atoms with Crippen LogP contribution in [0.4, 0.5) is 0 Å². The summed E-state index contributed by atoms with van der Waals surface area (Å²) in [6.07, 6.45) is 0. The molecule has 0 N–H and O–H groups in total. The van der Waals surface area contributed by atoms with Crippen molar-refractivity contribution in [3.8, 4) is 78.7 Å². The molecule has 4 nitrogen and oxygen atoms in total. The van der Waals surface area contributed by atoms with E-state index in [4.69, 9.17) is 19.4 Å². The molecule has 0 atom stereocenters. The van der Waals surface area contributed by atoms with Crippen molar-refractivity contribution in [3.63, 3.8) is 0 Å². The molecule has 0 saturated carbocycles. The van der Waals surface area contributed by atoms with Crippen LogP contribution in [-0.4, -0.2) is 15.0 Å². The molecule has 0 aliphatic heterocycles. The van der Waals surface area contributed by atoms with E-state index in [0.717, 1.165) is 60.9 Å². The molecule has 4 heteroatoms. The number of fused-ring (bicyclic) bond motifs is 3. The standard InChI is InChI=1S/C52H35N3O/c1-34-23-24-41(32-46(34)37-15-7-3-8-16-37)40-19-11-20-42(31-40)51-53-50(39-17-9-4-10-18-39)54-52(55-51)43-29-30-45-48(33-43)56-47-22-12-21-44(49(45)47)38-27-25-36(26-28-38)35-13-5-2-6-14-35/h2-33H,1H3. The average molecular weight is 718 g/mol. The summed E-state index contributed by atoms with van der Waals surface area (Å²) in [5.74, 6) is 1.81. The van der Waals surface area contributed by atoms with E-state index < -0.39 is 0 Å². The molecular formula is C52H35N3O. The SMILES string of the molecule is Cc1ccc(-c2cccc(-c3nc(-c4ccccc4)nc(-c4ccc5c(c4)oc4cccc(-c6ccc(-c7ccccc7)cc6)c45)n3)c2)cc1-c1ccccc1. The Morgan fingerprint density at radius 2 is 0.804 bits per heavy atom. The first-order valence-electron chi connectivity index (χ1n) is 18.8. The second kappa shape index (κ2) is 14.1. The molecule has 0 aliphatic carbocycles. The third-order valence-corrected chi connectivity index (χ3v) is 10.5. The molecule has 264 valence electrons. The van der Waals surface area contributed by atoms with Crippen LogP contribution >= 0.6 is 0 Å². The quantitative estimate of drug-likeness (QED) is 0.165. The Hall–Kier alpha value is -7.43. The van der Waals surface area contributed by atoms with Crippen molar-refractivity contribution in [2.45, 2.75) is 6.92 Å². The Labute approximate surface area is 325 Å². The van der Waals surface area contributed by atoms with Crippen molar-refractivity contribution in [1.82, 2.24) is 15.0 Å². The highest BCUT2D eigenvalue weighted by Gasteiger charge is 2.17. The Kier molecular flexibility index (Phi) is 8.34. The van der Waals surface area contributed by atoms with E-state index in [2.05, 4.69) is 159 Å². The molecule has 2 aromatic heterocycles. The van der Waals surface area contributed by atoms with Gasteiger partial charge in [0.05, 0.1) is 0 Å². The van der Waals surface area contributed by atoms with Crippen LogP contribution in [0.1, 0.15) is 5.56 Å². The molecule has 10 aromatic rings. The number of aromatic nitrogens is 3. The van der Waals surface area contributed by atoms with Gasteiger partial charge in [-0.2, -0.15) is 0 Å². The van der Waals surface area contributed by atoms with E-state index in [0.29, 0.717) is 17.5 Å². The fourth-order valence-electron chi connectivity index (χ4n) is 7.60. The van der Waals surface area contributed by atoms with Gasteiger partial charge in [-0.25, -0.2) is 15.0 Å². The molecule has 0 unspecified atom stereocenters. The summed E-state index contributed by atoms with van der Waals surface area (Å²) in [4.78, 5) is 15.2. The number of nitrogens with zero attached hydrogens (tertiary/aromatic N) is 3. The molecular weight excluding hydrogens is 683 g/mol. The third-order valence-electron chi connectivity index (χ3n) is 10.5. The predicted octanol–water partition coefficient (Wildman–Crippen LogP) is 13.7. The summed E-state index contributed by atoms with van der Waals surface area (Å²) in [5.41, 5.74) is 14.9. The Bertz CT molecular complexity index is 3010. The van der Waals surface area contributed by atoms with Gasteiger partial charge in [0.25, 0.3) is 0 Å². The lowest BCUT2D eigenvalue weighted by Crippen LogP contribution is -2.00. The zero-order valence-electron chi connectivity index (χ0n) is 30.7. The van der Waals surface area contributed by atoms with E-state index in [1.165, 1.54) is 27.8 Å². The van der Waals surface area contributed by atoms with Crippen molar-refractivity contribution < 1.29 is 4.42 Å². The van der Waals surface area contributed by atoms with Crippen molar-refractivity contribution >= 4 is 21.9 Å². The van der Waals surface area contributed by atoms with Crippen molar-refractivity contribution in [2.75, 3.05) is 0 Å². The normalized spacial score (nSPS) is 11.3. The molecule has 8 aromatic carbocycles. The van der Waals surface area contributed by atoms with Crippen LogP contribution in [0.15, 0.2) is 199 Å². The van der Waals surface area contributed by atoms with Crippen LogP contribution in [0.3, 0.4) is 0 Å². The summed E-state index contributed by atoms with van der Waals surface area (Å²) in [7, 11) is 0. The van der Waals surface area contributed by atoms with Crippen molar-refractivity contribution in [2.24, 2.45) is 0 Å². The largest absolute Gasteiger partial charge is 0.456 e. The van der Waals surface area contributed by atoms with Crippen LogP contribution in [-0.2, 0) is 0 Å². The van der Waals surface area contributed by atoms with Gasteiger partial charge in [-0.3, -0.25) is 0 Å². The number of hydrogen-bond acceptors (Lipinski definition) is 4. The molecule has 0 saturated heterocycles. The van der Waals surface area contributed by atoms with Crippen LogP contribution in [0.25, 0.3) is 101 Å². The summed E-state index contributed by atoms with van der Waals surface area (Å²) < 4.78 is 6.54. The highest BCUT2D eigenvalue weighted by atomic mass is 16.3. The lowest BCUT2D eigenvalue weighted by atomic mass is 9.94. The Morgan fingerprint density at radius 3 is 1.52 bits per heavy atom. The van der Waals surface area contributed by atoms with Gasteiger partial charge in [-0.1, -0.05) is 164 Å². The van der Waals surface area contributed by atoms with Crippen LogP contribution < -0.4 is 0 Å². The fraction of sp³-hybridized carbons (Fsp3) is 0.0192. The molecule has 0 aliphatic rings. The summed E-state index contributed by atoms with van der Waals surface area (Å²) in [5, 5.41) is 2.14. The first-order valence-corrected chi connectivity index (χ1v) is 18.8. The molecule has 2 heterocycles. The molecule has 0 bridgehead atoms. The highest BCUT2D eigenvalue weighted by molar-refractivity contribution is 6.13. The number of rotatable bonds is 7. The van der Waals surface area contributed by atoms with Crippen molar-refractivity contribution in [3.05, 3.63) is 200 Å². The molecule has 0 radical (unpaired) electrons. The maximum absolute atomic E-state index is 6.54. The lowest BCUT2D eigenvalue weighted by molar-refractivity contribution is 0.669. The van der Waals surface area contributed by atoms with Gasteiger partial charge >= 0.3 is 0 Å². The minimum Gasteiger partial charge on any atom is -0.456 e. The lowest BCUT2D eigenvalue weighted by Gasteiger charge is -2.12. The first kappa shape index (κ1) is 33.2. The number of benzene rings is 8. The first-order chi connectivity index (χ1) is 27.6. The Morgan fingerprint density at radius 1 is 0.321 bits per heavy atom. The van der Waals surface area contributed by atoms with Crippen molar-refractivity contribution in [1.29, 1.82) is 0 Å². The van der Waals surface area contributed by atoms with Crippen LogP contribution in [0, 0.1) is 6.92 Å². The third kappa shape index (κ3) is 6.23. The zero-order valence-corrected chi connectivity index (χ0v) is 30.7. The zero-order chi connectivity index (χ0) is 37.4. The average Bonchev–Trinajstić information content (AvgIpc) is 3.66. The van der Waals surface area contributed by atoms with Crippen LogP contribution in [0.5, 0.6) is 0 Å². The second-order valence-corrected chi connectivity index (χ2v) is 14.1. The van der Waals surface area contributed by atoms with E-state index in [1.807, 2.05) is 42.5 Å². The molecule has 10 rings (SSSR count). The van der Waals surface area contributed by atoms with Gasteiger partial charge in [0.15, 0.2) is 17.5 Å². The molecule has 0 fully saturated rings. The monoisotopic (exact) mass is 717 g/mol. The molecule has 0 amide bonds. The van der Waals surface area contributed by atoms with Gasteiger partial charge in [-0.15, -0.1) is 0 Å². The van der Waals surface area contributed by atoms with E-state index in [-0.39, 0.29) is 0 Å². The minimum absolute atomic E-state index is 0.583. The van der Waals surface area contributed by atoms with Gasteiger partial charge in [-0.05, 0) is 87.3 Å². The number of furan rings is 1. The Balaban J connectivity index is 1.05. The van der Waals surface area contributed by atoms with E-state index >= 15 is 0 Å². The molecule has 56 heavy (non-hydrogen) atoms. The summed E-state index contributed by atoms with van der Waals surface area (Å²) in [6, 6.07) is 67.5. The topological polar surface area (TPSA) is 51.8 Å². The maximum Gasteiger partial charge on any atom is 0.164 e. The number of hydrogen-bond donors (Lipinski definition) is 0. The number of aryl methyl sites for hydroxylation is 1. The highest BCUT2D eigenvalue weighted by Crippen LogP contribution is 2.39. The van der Waals surface area contributed by atoms with Gasteiger partial charge in [0.2, 0.25) is 0 Å². The van der Waals surface area contributed by atoms with Gasteiger partial charge in [0.1, 0.15) is 11.2 Å². The van der Waals surface area contributed by atoms with E-state index in [9.17, 15) is 0 Å². The van der Waals surface area contributed by atoms with Gasteiger partial charge in [0, 0.05) is 27.5 Å². The maximum atomic E-state index is 6.54. The smallest absolute Gasteiger partial charge is 0.164 e. The van der Waals surface area contributed by atoms with Gasteiger partial charge < -0.3 is 4.42 Å². The minimum atomic E-state index is 0.583. The summed E-state index contributed by atoms with van der Waals surface area (Å²) in [6.45, 7) is 2.16. The second-order valence-electron chi connectivity index (χ2n) is 14.1. The van der Waals surface area contributed by atoms with Crippen LogP contribution in [0.2, 0.25) is 0 Å². The molecule has 0 spiro atoms. The van der Waals surface area contributed by atoms with E-state index in [1.54, 1.807) is 0 Å². The fourth-order valence-corrected chi connectivity index (χ4v) is 7.60. The predicted molar refractivity (Wildman–Crippen MR) is 230 cm³/mol. The summed E-state index contributed by atoms with van der Waals surface area (Å²) >= 11 is 0.